The highest BCUT2D eigenvalue weighted by Gasteiger charge is 2.13. The molecule has 2 aromatic rings. The number of aryl methyl sites for hydroxylation is 2. The average Bonchev–Trinajstić information content (AvgIpc) is 2.96. The topological polar surface area (TPSA) is 72.7 Å². The van der Waals surface area contributed by atoms with E-state index in [-0.39, 0.29) is 11.9 Å². The lowest BCUT2D eigenvalue weighted by atomic mass is 10.1. The van der Waals surface area contributed by atoms with E-state index >= 15 is 0 Å². The summed E-state index contributed by atoms with van der Waals surface area (Å²) in [5, 5.41) is 15.4. The molecule has 0 fully saturated rings. The molecule has 1 aromatic heterocycles. The summed E-state index contributed by atoms with van der Waals surface area (Å²) in [5.74, 6) is 0.310. The van der Waals surface area contributed by atoms with Crippen molar-refractivity contribution < 1.29 is 4.79 Å². The Morgan fingerprint density at radius 1 is 1.35 bits per heavy atom. The quantitative estimate of drug-likeness (QED) is 0.789. The maximum Gasteiger partial charge on any atom is 0.230 e. The van der Waals surface area contributed by atoms with Gasteiger partial charge in [0, 0.05) is 6.04 Å². The second kappa shape index (κ2) is 8.10. The highest BCUT2D eigenvalue weighted by Crippen LogP contribution is 2.20. The van der Waals surface area contributed by atoms with Crippen LogP contribution in [-0.4, -0.2) is 37.9 Å². The van der Waals surface area contributed by atoms with Crippen molar-refractivity contribution in [1.29, 1.82) is 0 Å². The Labute approximate surface area is 141 Å². The number of amides is 1. The second-order valence-electron chi connectivity index (χ2n) is 5.69. The SMILES string of the molecule is CCC[C@@H](C)NC(=O)CSc1nnnn1-c1ccc(C)c(C)c1. The average molecular weight is 333 g/mol. The van der Waals surface area contributed by atoms with Crippen LogP contribution in [0.25, 0.3) is 5.69 Å². The second-order valence-corrected chi connectivity index (χ2v) is 6.63. The number of thioether (sulfide) groups is 1. The van der Waals surface area contributed by atoms with Gasteiger partial charge < -0.3 is 5.32 Å². The highest BCUT2D eigenvalue weighted by molar-refractivity contribution is 7.99. The minimum atomic E-state index is 0.00517. The Kier molecular flexibility index (Phi) is 6.15. The molecule has 0 spiro atoms. The third-order valence-corrected chi connectivity index (χ3v) is 4.56. The summed E-state index contributed by atoms with van der Waals surface area (Å²) in [5.41, 5.74) is 3.31. The van der Waals surface area contributed by atoms with Crippen molar-refractivity contribution in [2.75, 3.05) is 5.75 Å². The number of rotatable bonds is 7. The van der Waals surface area contributed by atoms with Crippen molar-refractivity contribution in [2.45, 2.75) is 51.7 Å². The molecule has 0 unspecified atom stereocenters. The van der Waals surface area contributed by atoms with Crippen LogP contribution in [0.15, 0.2) is 23.4 Å². The van der Waals surface area contributed by atoms with Crippen molar-refractivity contribution in [3.63, 3.8) is 0 Å². The number of nitrogens with zero attached hydrogens (tertiary/aromatic N) is 4. The number of hydrogen-bond donors (Lipinski definition) is 1. The van der Waals surface area contributed by atoms with Gasteiger partial charge in [0.15, 0.2) is 0 Å². The van der Waals surface area contributed by atoms with Gasteiger partial charge in [0.05, 0.1) is 11.4 Å². The summed E-state index contributed by atoms with van der Waals surface area (Å²) in [6.07, 6.45) is 2.04. The first-order valence-corrected chi connectivity index (χ1v) is 8.78. The van der Waals surface area contributed by atoms with Gasteiger partial charge in [-0.25, -0.2) is 0 Å². The molecule has 0 saturated carbocycles. The van der Waals surface area contributed by atoms with Crippen LogP contribution in [0.3, 0.4) is 0 Å². The molecule has 1 atom stereocenters. The molecule has 0 aliphatic carbocycles. The molecule has 0 aliphatic heterocycles. The number of aromatic nitrogens is 4. The van der Waals surface area contributed by atoms with Gasteiger partial charge in [-0.15, -0.1) is 5.10 Å². The van der Waals surface area contributed by atoms with Crippen molar-refractivity contribution in [3.05, 3.63) is 29.3 Å². The number of hydrogen-bond acceptors (Lipinski definition) is 5. The van der Waals surface area contributed by atoms with Crippen LogP contribution >= 0.6 is 11.8 Å². The Morgan fingerprint density at radius 3 is 2.83 bits per heavy atom. The highest BCUT2D eigenvalue weighted by atomic mass is 32.2. The van der Waals surface area contributed by atoms with E-state index < -0.39 is 0 Å². The fourth-order valence-electron chi connectivity index (χ4n) is 2.24. The van der Waals surface area contributed by atoms with Gasteiger partial charge in [-0.3, -0.25) is 4.79 Å². The molecule has 0 bridgehead atoms. The third-order valence-electron chi connectivity index (χ3n) is 3.64. The lowest BCUT2D eigenvalue weighted by Gasteiger charge is -2.12. The van der Waals surface area contributed by atoms with E-state index in [9.17, 15) is 4.79 Å². The van der Waals surface area contributed by atoms with Crippen LogP contribution in [0.4, 0.5) is 0 Å². The van der Waals surface area contributed by atoms with Crippen LogP contribution < -0.4 is 5.32 Å². The number of nitrogens with one attached hydrogen (secondary N) is 1. The summed E-state index contributed by atoms with van der Waals surface area (Å²) < 4.78 is 1.67. The Bertz CT molecular complexity index is 670. The number of tetrazole rings is 1. The monoisotopic (exact) mass is 333 g/mol. The summed E-state index contributed by atoms with van der Waals surface area (Å²) in [6, 6.07) is 6.26. The van der Waals surface area contributed by atoms with Crippen molar-refractivity contribution in [1.82, 2.24) is 25.5 Å². The minimum absolute atomic E-state index is 0.00517. The lowest BCUT2D eigenvalue weighted by Crippen LogP contribution is -2.33. The van der Waals surface area contributed by atoms with Crippen LogP contribution in [0.2, 0.25) is 0 Å². The van der Waals surface area contributed by atoms with Crippen molar-refractivity contribution in [2.24, 2.45) is 0 Å². The van der Waals surface area contributed by atoms with Gasteiger partial charge in [0.25, 0.3) is 0 Å². The zero-order chi connectivity index (χ0) is 16.8. The molecule has 0 aliphatic rings. The maximum absolute atomic E-state index is 12.0. The minimum Gasteiger partial charge on any atom is -0.353 e. The van der Waals surface area contributed by atoms with Crippen LogP contribution in [-0.2, 0) is 4.79 Å². The van der Waals surface area contributed by atoms with E-state index in [1.165, 1.54) is 22.9 Å². The van der Waals surface area contributed by atoms with E-state index in [1.54, 1.807) is 4.68 Å². The Morgan fingerprint density at radius 2 is 2.13 bits per heavy atom. The predicted octanol–water partition coefficient (Wildman–Crippen LogP) is 2.68. The molecular weight excluding hydrogens is 310 g/mol. The molecule has 6 nitrogen and oxygen atoms in total. The number of carbonyl (C=O) groups excluding carboxylic acids is 1. The number of carbonyl (C=O) groups is 1. The first-order valence-electron chi connectivity index (χ1n) is 7.79. The summed E-state index contributed by atoms with van der Waals surface area (Å²) in [6.45, 7) is 8.25. The molecule has 124 valence electrons. The van der Waals surface area contributed by atoms with Gasteiger partial charge >= 0.3 is 0 Å². The summed E-state index contributed by atoms with van der Waals surface area (Å²) >= 11 is 1.34. The Balaban J connectivity index is 2.01. The molecule has 0 radical (unpaired) electrons. The van der Waals surface area contributed by atoms with Gasteiger partial charge in [0.1, 0.15) is 0 Å². The smallest absolute Gasteiger partial charge is 0.230 e. The number of benzene rings is 1. The molecule has 23 heavy (non-hydrogen) atoms. The van der Waals surface area contributed by atoms with Gasteiger partial charge in [0.2, 0.25) is 11.1 Å². The van der Waals surface area contributed by atoms with E-state index in [0.717, 1.165) is 18.5 Å². The summed E-state index contributed by atoms with van der Waals surface area (Å²) in [7, 11) is 0. The van der Waals surface area contributed by atoms with E-state index in [1.807, 2.05) is 25.1 Å². The fraction of sp³-hybridized carbons (Fsp3) is 0.500. The first kappa shape index (κ1) is 17.5. The van der Waals surface area contributed by atoms with Crippen LogP contribution in [0.1, 0.15) is 37.8 Å². The molecule has 1 N–H and O–H groups in total. The van der Waals surface area contributed by atoms with Gasteiger partial charge in [-0.1, -0.05) is 31.2 Å². The molecular formula is C16H23N5OS. The van der Waals surface area contributed by atoms with E-state index in [2.05, 4.69) is 41.6 Å². The molecule has 1 heterocycles. The molecule has 1 amide bonds. The van der Waals surface area contributed by atoms with Gasteiger partial charge in [-0.05, 0) is 60.9 Å². The molecule has 7 heteroatoms. The van der Waals surface area contributed by atoms with Crippen molar-refractivity contribution >= 4 is 17.7 Å². The Hall–Kier alpha value is -1.89. The molecule has 0 saturated heterocycles. The third kappa shape index (κ3) is 4.79. The normalized spacial score (nSPS) is 12.2. The molecule has 1 aromatic carbocycles. The van der Waals surface area contributed by atoms with E-state index in [0.29, 0.717) is 10.9 Å². The maximum atomic E-state index is 12.0. The first-order chi connectivity index (χ1) is 11.0. The van der Waals surface area contributed by atoms with Crippen LogP contribution in [0.5, 0.6) is 0 Å². The predicted molar refractivity (Wildman–Crippen MR) is 91.9 cm³/mol. The largest absolute Gasteiger partial charge is 0.353 e. The zero-order valence-corrected chi connectivity index (χ0v) is 14.9. The standard InChI is InChI=1S/C16H23N5OS/c1-5-6-13(4)17-15(22)10-23-16-18-19-20-21(16)14-8-7-11(2)12(3)9-14/h7-9,13H,5-6,10H2,1-4H3,(H,17,22)/t13-/m1/s1. The van der Waals surface area contributed by atoms with E-state index in [4.69, 9.17) is 0 Å². The lowest BCUT2D eigenvalue weighted by molar-refractivity contribution is -0.119. The van der Waals surface area contributed by atoms with Crippen molar-refractivity contribution in [3.8, 4) is 5.69 Å². The van der Waals surface area contributed by atoms with Crippen LogP contribution in [0, 0.1) is 13.8 Å². The summed E-state index contributed by atoms with van der Waals surface area (Å²) in [4.78, 5) is 12.0. The molecule has 2 rings (SSSR count). The fourth-order valence-corrected chi connectivity index (χ4v) is 2.94. The zero-order valence-electron chi connectivity index (χ0n) is 14.0. The van der Waals surface area contributed by atoms with Gasteiger partial charge in [-0.2, -0.15) is 4.68 Å².